The standard InChI is InChI=1S/C13H11ClN2O.BrH/c14-12-5-3-10(4-6-12)8-16-7-1-2-11(9-16)13(15)17;/h1-7,9H,8H2,(H-,15,17);1H. The van der Waals surface area contributed by atoms with Gasteiger partial charge in [0.05, 0.1) is 0 Å². The highest BCUT2D eigenvalue weighted by molar-refractivity contribution is 6.30. The minimum Gasteiger partial charge on any atom is -1.00 e. The zero-order valence-corrected chi connectivity index (χ0v) is 11.9. The van der Waals surface area contributed by atoms with Crippen LogP contribution < -0.4 is 27.3 Å². The lowest BCUT2D eigenvalue weighted by Gasteiger charge is -1.99. The van der Waals surface area contributed by atoms with Crippen LogP contribution in [0.1, 0.15) is 15.9 Å². The molecule has 0 saturated carbocycles. The Kier molecular flexibility index (Phi) is 5.31. The fourth-order valence-corrected chi connectivity index (χ4v) is 1.69. The Hall–Kier alpha value is -1.39. The van der Waals surface area contributed by atoms with Gasteiger partial charge in [-0.2, -0.15) is 4.57 Å². The van der Waals surface area contributed by atoms with Gasteiger partial charge in [-0.05, 0) is 18.2 Å². The Balaban J connectivity index is 0.00000162. The maximum absolute atomic E-state index is 11.0. The Bertz CT molecular complexity index is 543. The molecule has 0 aliphatic heterocycles. The summed E-state index contributed by atoms with van der Waals surface area (Å²) in [5.41, 5.74) is 6.84. The van der Waals surface area contributed by atoms with E-state index in [4.69, 9.17) is 17.3 Å². The highest BCUT2D eigenvalue weighted by atomic mass is 79.9. The molecule has 0 fully saturated rings. The van der Waals surface area contributed by atoms with E-state index in [0.29, 0.717) is 17.1 Å². The maximum atomic E-state index is 11.0. The van der Waals surface area contributed by atoms with Gasteiger partial charge >= 0.3 is 0 Å². The van der Waals surface area contributed by atoms with E-state index >= 15 is 0 Å². The van der Waals surface area contributed by atoms with E-state index in [1.54, 1.807) is 18.3 Å². The van der Waals surface area contributed by atoms with Crippen molar-refractivity contribution in [2.75, 3.05) is 0 Å². The Morgan fingerprint density at radius 3 is 2.50 bits per heavy atom. The van der Waals surface area contributed by atoms with E-state index in [1.165, 1.54) is 0 Å². The van der Waals surface area contributed by atoms with Gasteiger partial charge in [-0.1, -0.05) is 23.7 Å². The largest absolute Gasteiger partial charge is 1.00 e. The fraction of sp³-hybridized carbons (Fsp3) is 0.0769. The number of aromatic nitrogens is 1. The molecule has 0 unspecified atom stereocenters. The molecule has 2 N–H and O–H groups in total. The Labute approximate surface area is 121 Å². The van der Waals surface area contributed by atoms with Crippen molar-refractivity contribution in [1.82, 2.24) is 0 Å². The van der Waals surface area contributed by atoms with E-state index in [9.17, 15) is 4.79 Å². The first-order valence-corrected chi connectivity index (χ1v) is 5.56. The Morgan fingerprint density at radius 1 is 1.22 bits per heavy atom. The number of hydrogen-bond donors (Lipinski definition) is 1. The van der Waals surface area contributed by atoms with E-state index in [1.807, 2.05) is 35.0 Å². The molecule has 2 rings (SSSR count). The molecule has 2 aromatic rings. The molecule has 3 nitrogen and oxygen atoms in total. The maximum Gasteiger partial charge on any atom is 0.254 e. The molecule has 0 aliphatic carbocycles. The number of halogens is 2. The van der Waals surface area contributed by atoms with Crippen molar-refractivity contribution in [1.29, 1.82) is 0 Å². The summed E-state index contributed by atoms with van der Waals surface area (Å²) in [5, 5.41) is 0.713. The average Bonchev–Trinajstić information content (AvgIpc) is 2.32. The van der Waals surface area contributed by atoms with Crippen molar-refractivity contribution < 1.29 is 26.3 Å². The summed E-state index contributed by atoms with van der Waals surface area (Å²) in [6, 6.07) is 11.1. The van der Waals surface area contributed by atoms with Crippen LogP contribution in [0, 0.1) is 0 Å². The molecular weight excluding hydrogens is 316 g/mol. The van der Waals surface area contributed by atoms with Crippen molar-refractivity contribution in [3.63, 3.8) is 0 Å². The van der Waals surface area contributed by atoms with Crippen LogP contribution in [0.25, 0.3) is 0 Å². The SMILES string of the molecule is NC(=O)c1ccc[n+](Cc2ccc(Cl)cc2)c1.[Br-]. The lowest BCUT2D eigenvalue weighted by molar-refractivity contribution is -0.688. The van der Waals surface area contributed by atoms with Crippen LogP contribution in [0.2, 0.25) is 5.02 Å². The number of carbonyl (C=O) groups is 1. The second kappa shape index (κ2) is 6.52. The number of carbonyl (C=O) groups excluding carboxylic acids is 1. The predicted octanol–water partition coefficient (Wildman–Crippen LogP) is -1.22. The van der Waals surface area contributed by atoms with Gasteiger partial charge in [0.25, 0.3) is 5.91 Å². The smallest absolute Gasteiger partial charge is 0.254 e. The second-order valence-electron chi connectivity index (χ2n) is 3.76. The van der Waals surface area contributed by atoms with E-state index < -0.39 is 5.91 Å². The summed E-state index contributed by atoms with van der Waals surface area (Å²) >= 11 is 5.81. The average molecular weight is 328 g/mol. The molecule has 94 valence electrons. The molecule has 5 heteroatoms. The number of rotatable bonds is 3. The minimum absolute atomic E-state index is 0. The van der Waals surface area contributed by atoms with Crippen molar-refractivity contribution in [3.8, 4) is 0 Å². The molecule has 1 aromatic heterocycles. The number of pyridine rings is 1. The zero-order valence-electron chi connectivity index (χ0n) is 9.51. The first-order valence-electron chi connectivity index (χ1n) is 5.18. The normalized spacial score (nSPS) is 9.61. The second-order valence-corrected chi connectivity index (χ2v) is 4.19. The van der Waals surface area contributed by atoms with Gasteiger partial charge in [0.2, 0.25) is 0 Å². The first kappa shape index (κ1) is 14.7. The first-order chi connectivity index (χ1) is 8.15. The van der Waals surface area contributed by atoms with Gasteiger partial charge in [0, 0.05) is 16.7 Å². The molecule has 0 aliphatic rings. The number of primary amides is 1. The van der Waals surface area contributed by atoms with Gasteiger partial charge < -0.3 is 22.7 Å². The van der Waals surface area contributed by atoms with Crippen LogP contribution >= 0.6 is 11.6 Å². The highest BCUT2D eigenvalue weighted by Gasteiger charge is 2.07. The number of benzene rings is 1. The van der Waals surface area contributed by atoms with Crippen molar-refractivity contribution in [2.45, 2.75) is 6.54 Å². The summed E-state index contributed by atoms with van der Waals surface area (Å²) in [7, 11) is 0. The van der Waals surface area contributed by atoms with Crippen LogP contribution in [-0.4, -0.2) is 5.91 Å². The molecule has 1 aromatic carbocycles. The van der Waals surface area contributed by atoms with E-state index in [0.717, 1.165) is 5.56 Å². The predicted molar refractivity (Wildman–Crippen MR) is 65.7 cm³/mol. The molecule has 0 saturated heterocycles. The zero-order chi connectivity index (χ0) is 12.3. The van der Waals surface area contributed by atoms with Gasteiger partial charge in [0.15, 0.2) is 18.9 Å². The highest BCUT2D eigenvalue weighted by Crippen LogP contribution is 2.09. The lowest BCUT2D eigenvalue weighted by Crippen LogP contribution is -3.00. The summed E-state index contributed by atoms with van der Waals surface area (Å²) < 4.78 is 1.91. The quantitative estimate of drug-likeness (QED) is 0.706. The molecule has 1 amide bonds. The molecule has 18 heavy (non-hydrogen) atoms. The molecule has 1 heterocycles. The van der Waals surface area contributed by atoms with Gasteiger partial charge in [0.1, 0.15) is 5.56 Å². The number of nitrogens with two attached hydrogens (primary N) is 1. The van der Waals surface area contributed by atoms with Gasteiger partial charge in [-0.3, -0.25) is 4.79 Å². The van der Waals surface area contributed by atoms with Crippen LogP contribution in [0.3, 0.4) is 0 Å². The fourth-order valence-electron chi connectivity index (χ4n) is 1.57. The summed E-state index contributed by atoms with van der Waals surface area (Å²) in [5.74, 6) is -0.421. The molecule has 0 atom stereocenters. The van der Waals surface area contributed by atoms with E-state index in [2.05, 4.69) is 0 Å². The molecule has 0 spiro atoms. The number of amides is 1. The van der Waals surface area contributed by atoms with Crippen LogP contribution in [0.15, 0.2) is 48.8 Å². The third-order valence-electron chi connectivity index (χ3n) is 2.42. The lowest BCUT2D eigenvalue weighted by atomic mass is 10.2. The van der Waals surface area contributed by atoms with E-state index in [-0.39, 0.29) is 17.0 Å². The summed E-state index contributed by atoms with van der Waals surface area (Å²) in [6.07, 6.45) is 3.62. The molecule has 0 bridgehead atoms. The third-order valence-corrected chi connectivity index (χ3v) is 2.67. The van der Waals surface area contributed by atoms with Crippen LogP contribution in [0.4, 0.5) is 0 Å². The topological polar surface area (TPSA) is 47.0 Å². The van der Waals surface area contributed by atoms with Crippen molar-refractivity contribution in [2.24, 2.45) is 5.73 Å². The number of hydrogen-bond acceptors (Lipinski definition) is 1. The number of nitrogens with zero attached hydrogens (tertiary/aromatic N) is 1. The molecule has 0 radical (unpaired) electrons. The van der Waals surface area contributed by atoms with Crippen LogP contribution in [-0.2, 0) is 6.54 Å². The Morgan fingerprint density at radius 2 is 1.89 bits per heavy atom. The third kappa shape index (κ3) is 3.82. The van der Waals surface area contributed by atoms with Crippen molar-refractivity contribution in [3.05, 3.63) is 64.9 Å². The van der Waals surface area contributed by atoms with Crippen molar-refractivity contribution >= 4 is 17.5 Å². The minimum atomic E-state index is -0.421. The van der Waals surface area contributed by atoms with Gasteiger partial charge in [-0.25, -0.2) is 0 Å². The summed E-state index contributed by atoms with van der Waals surface area (Å²) in [4.78, 5) is 11.0. The van der Waals surface area contributed by atoms with Gasteiger partial charge in [-0.15, -0.1) is 0 Å². The summed E-state index contributed by atoms with van der Waals surface area (Å²) in [6.45, 7) is 0.679. The molecular formula is C13H12BrClN2O. The van der Waals surface area contributed by atoms with Crippen LogP contribution in [0.5, 0.6) is 0 Å². The monoisotopic (exact) mass is 326 g/mol.